The summed E-state index contributed by atoms with van der Waals surface area (Å²) >= 11 is 0. The number of rotatable bonds is 4. The minimum absolute atomic E-state index is 0.111. The zero-order chi connectivity index (χ0) is 19.3. The van der Waals surface area contributed by atoms with E-state index in [9.17, 15) is 21.6 Å². The molecule has 0 saturated heterocycles. The Morgan fingerprint density at radius 3 is 2.46 bits per heavy atom. The van der Waals surface area contributed by atoms with Gasteiger partial charge in [0, 0.05) is 23.5 Å². The minimum atomic E-state index is -5.68. The van der Waals surface area contributed by atoms with E-state index >= 15 is 0 Å². The fourth-order valence-corrected chi connectivity index (χ4v) is 4.45. The molecule has 144 valence electrons. The third-order valence-corrected chi connectivity index (χ3v) is 6.17. The molecular formula is C17H19F3O5S. The summed E-state index contributed by atoms with van der Waals surface area (Å²) in [5.74, 6) is 1.11. The molecule has 9 heteroatoms. The molecule has 0 saturated carbocycles. The number of hydrogen-bond donors (Lipinski definition) is 0. The molecule has 0 radical (unpaired) electrons. The highest BCUT2D eigenvalue weighted by Gasteiger charge is 2.51. The Bertz CT molecular complexity index is 860. The summed E-state index contributed by atoms with van der Waals surface area (Å²) in [5, 5.41) is 0. The SMILES string of the molecule is COc1cc2c(c(OC)c1)[C@@]1(C)C=C(OS(=O)(=O)C(F)(F)F)CC[C@H]1C2. The van der Waals surface area contributed by atoms with Crippen LogP contribution in [-0.2, 0) is 26.1 Å². The van der Waals surface area contributed by atoms with E-state index in [1.165, 1.54) is 13.2 Å². The molecule has 0 aliphatic heterocycles. The lowest BCUT2D eigenvalue weighted by Crippen LogP contribution is -2.32. The zero-order valence-corrected chi connectivity index (χ0v) is 15.3. The second kappa shape index (κ2) is 6.07. The van der Waals surface area contributed by atoms with Crippen molar-refractivity contribution in [3.05, 3.63) is 35.1 Å². The van der Waals surface area contributed by atoms with Gasteiger partial charge < -0.3 is 13.7 Å². The second-order valence-corrected chi connectivity index (χ2v) is 8.22. The monoisotopic (exact) mass is 392 g/mol. The molecule has 0 amide bonds. The molecule has 0 aromatic heterocycles. The maximum absolute atomic E-state index is 12.6. The van der Waals surface area contributed by atoms with Crippen LogP contribution < -0.4 is 9.47 Å². The Kier molecular flexibility index (Phi) is 4.41. The Balaban J connectivity index is 2.05. The Morgan fingerprint density at radius 1 is 1.19 bits per heavy atom. The first kappa shape index (κ1) is 18.9. The average Bonchev–Trinajstić information content (AvgIpc) is 2.84. The number of methoxy groups -OCH3 is 2. The summed E-state index contributed by atoms with van der Waals surface area (Å²) < 4.78 is 75.7. The maximum Gasteiger partial charge on any atom is 0.534 e. The molecule has 0 bridgehead atoms. The Morgan fingerprint density at radius 2 is 1.88 bits per heavy atom. The van der Waals surface area contributed by atoms with E-state index < -0.39 is 21.0 Å². The van der Waals surface area contributed by atoms with Gasteiger partial charge in [0.2, 0.25) is 0 Å². The number of benzene rings is 1. The van der Waals surface area contributed by atoms with Crippen molar-refractivity contribution in [1.82, 2.24) is 0 Å². The third kappa shape index (κ3) is 2.91. The van der Waals surface area contributed by atoms with E-state index in [0.29, 0.717) is 24.3 Å². The van der Waals surface area contributed by atoms with Gasteiger partial charge >= 0.3 is 15.6 Å². The second-order valence-electron chi connectivity index (χ2n) is 6.68. The van der Waals surface area contributed by atoms with Crippen molar-refractivity contribution in [1.29, 1.82) is 0 Å². The molecule has 0 unspecified atom stereocenters. The van der Waals surface area contributed by atoms with Crippen LogP contribution in [0.15, 0.2) is 24.0 Å². The molecule has 26 heavy (non-hydrogen) atoms. The van der Waals surface area contributed by atoms with E-state index in [1.807, 2.05) is 13.0 Å². The molecular weight excluding hydrogens is 373 g/mol. The molecule has 1 aromatic rings. The molecule has 3 rings (SSSR count). The van der Waals surface area contributed by atoms with Crippen LogP contribution in [0, 0.1) is 5.92 Å². The topological polar surface area (TPSA) is 61.8 Å². The first-order chi connectivity index (χ1) is 12.0. The van der Waals surface area contributed by atoms with Crippen LogP contribution in [0.25, 0.3) is 0 Å². The van der Waals surface area contributed by atoms with Crippen molar-refractivity contribution < 1.29 is 35.2 Å². The first-order valence-electron chi connectivity index (χ1n) is 7.99. The standard InChI is InChI=1S/C17H19F3O5S/c1-16-9-12(25-26(21,22)17(18,19)20)5-4-11(16)6-10-7-13(23-2)8-14(24-3)15(10)16/h7-9,11H,4-6H2,1-3H3/t11-,16-/m0/s1. The molecule has 2 aliphatic rings. The van der Waals surface area contributed by atoms with E-state index in [-0.39, 0.29) is 18.1 Å². The Hall–Kier alpha value is -1.90. The lowest BCUT2D eigenvalue weighted by Gasteiger charge is -2.35. The van der Waals surface area contributed by atoms with E-state index in [1.54, 1.807) is 13.2 Å². The van der Waals surface area contributed by atoms with Crippen LogP contribution in [-0.4, -0.2) is 28.1 Å². The van der Waals surface area contributed by atoms with Crippen molar-refractivity contribution in [2.24, 2.45) is 5.92 Å². The summed E-state index contributed by atoms with van der Waals surface area (Å²) in [6.07, 6.45) is 2.83. The molecule has 0 spiro atoms. The number of allylic oxidation sites excluding steroid dienone is 2. The molecule has 5 nitrogen and oxygen atoms in total. The number of hydrogen-bond acceptors (Lipinski definition) is 5. The molecule has 2 aliphatic carbocycles. The maximum atomic E-state index is 12.6. The van der Waals surface area contributed by atoms with Gasteiger partial charge in [0.25, 0.3) is 0 Å². The van der Waals surface area contributed by atoms with Crippen LogP contribution >= 0.6 is 0 Å². The minimum Gasteiger partial charge on any atom is -0.497 e. The van der Waals surface area contributed by atoms with Gasteiger partial charge in [-0.25, -0.2) is 0 Å². The van der Waals surface area contributed by atoms with E-state index in [4.69, 9.17) is 9.47 Å². The van der Waals surface area contributed by atoms with E-state index in [2.05, 4.69) is 4.18 Å². The predicted octanol–water partition coefficient (Wildman–Crippen LogP) is 3.68. The summed E-state index contributed by atoms with van der Waals surface area (Å²) in [7, 11) is -2.63. The predicted molar refractivity (Wildman–Crippen MR) is 87.5 cm³/mol. The molecule has 1 aromatic carbocycles. The summed E-state index contributed by atoms with van der Waals surface area (Å²) in [5.41, 5.74) is -4.33. The Labute approximate surface area is 149 Å². The number of ether oxygens (including phenoxy) is 2. The smallest absolute Gasteiger partial charge is 0.497 e. The zero-order valence-electron chi connectivity index (χ0n) is 14.5. The average molecular weight is 392 g/mol. The van der Waals surface area contributed by atoms with Crippen molar-refractivity contribution in [2.75, 3.05) is 14.2 Å². The summed E-state index contributed by atoms with van der Waals surface area (Å²) in [6.45, 7) is 1.86. The fraction of sp³-hybridized carbons (Fsp3) is 0.529. The molecule has 0 fully saturated rings. The summed E-state index contributed by atoms with van der Waals surface area (Å²) in [6, 6.07) is 3.59. The van der Waals surface area contributed by atoms with Gasteiger partial charge in [0.05, 0.1) is 14.2 Å². The van der Waals surface area contributed by atoms with E-state index in [0.717, 1.165) is 11.1 Å². The highest BCUT2D eigenvalue weighted by Crippen LogP contribution is 2.54. The van der Waals surface area contributed by atoms with Crippen molar-refractivity contribution >= 4 is 10.1 Å². The lowest BCUT2D eigenvalue weighted by atomic mass is 9.71. The molecule has 2 atom stereocenters. The largest absolute Gasteiger partial charge is 0.534 e. The van der Waals surface area contributed by atoms with Crippen LogP contribution in [0.3, 0.4) is 0 Å². The third-order valence-electron chi connectivity index (χ3n) is 5.17. The highest BCUT2D eigenvalue weighted by molar-refractivity contribution is 7.87. The van der Waals surface area contributed by atoms with Gasteiger partial charge in [0.15, 0.2) is 0 Å². The number of fused-ring (bicyclic) bond motifs is 3. The van der Waals surface area contributed by atoms with Gasteiger partial charge in [-0.2, -0.15) is 21.6 Å². The van der Waals surface area contributed by atoms with Crippen molar-refractivity contribution in [3.8, 4) is 11.5 Å². The van der Waals surface area contributed by atoms with Crippen LogP contribution in [0.5, 0.6) is 11.5 Å². The molecule has 0 heterocycles. The van der Waals surface area contributed by atoms with Gasteiger partial charge in [-0.15, -0.1) is 0 Å². The quantitative estimate of drug-likeness (QED) is 0.578. The fourth-order valence-electron chi connectivity index (χ4n) is 3.95. The molecule has 0 N–H and O–H groups in total. The summed E-state index contributed by atoms with van der Waals surface area (Å²) in [4.78, 5) is 0. The normalized spacial score (nSPS) is 25.2. The van der Waals surface area contributed by atoms with Gasteiger partial charge in [-0.3, -0.25) is 0 Å². The van der Waals surface area contributed by atoms with Crippen molar-refractivity contribution in [2.45, 2.75) is 37.1 Å². The van der Waals surface area contributed by atoms with Crippen LogP contribution in [0.1, 0.15) is 30.9 Å². The number of alkyl halides is 3. The van der Waals surface area contributed by atoms with Gasteiger partial charge in [-0.05, 0) is 36.5 Å². The van der Waals surface area contributed by atoms with Crippen molar-refractivity contribution in [3.63, 3.8) is 0 Å². The van der Waals surface area contributed by atoms with Crippen LogP contribution in [0.2, 0.25) is 0 Å². The number of halogens is 3. The van der Waals surface area contributed by atoms with Gasteiger partial charge in [-0.1, -0.05) is 6.92 Å². The van der Waals surface area contributed by atoms with Crippen LogP contribution in [0.4, 0.5) is 13.2 Å². The highest BCUT2D eigenvalue weighted by atomic mass is 32.2. The van der Waals surface area contributed by atoms with Gasteiger partial charge in [0.1, 0.15) is 17.3 Å². The lowest BCUT2D eigenvalue weighted by molar-refractivity contribution is -0.0525. The first-order valence-corrected chi connectivity index (χ1v) is 9.40.